The third-order valence-corrected chi connectivity index (χ3v) is 0.936. The summed E-state index contributed by atoms with van der Waals surface area (Å²) in [5.74, 6) is -1.05. The fourth-order valence-electron chi connectivity index (χ4n) is 0.514. The average molecular weight is 141 g/mol. The van der Waals surface area contributed by atoms with Crippen LogP contribution in [-0.2, 0) is 0 Å². The van der Waals surface area contributed by atoms with E-state index >= 15 is 0 Å². The van der Waals surface area contributed by atoms with Crippen molar-refractivity contribution in [3.63, 3.8) is 0 Å². The molecule has 0 aliphatic rings. The van der Waals surface area contributed by atoms with Crippen molar-refractivity contribution < 1.29 is 9.31 Å². The summed E-state index contributed by atoms with van der Waals surface area (Å²) >= 11 is 0. The second kappa shape index (κ2) is 2.38. The highest BCUT2D eigenvalue weighted by Crippen LogP contribution is 2.11. The van der Waals surface area contributed by atoms with Gasteiger partial charge >= 0.3 is 5.69 Å². The predicted molar refractivity (Wildman–Crippen MR) is 30.8 cm³/mol. The second-order valence-electron chi connectivity index (χ2n) is 1.57. The number of rotatable bonds is 1. The van der Waals surface area contributed by atoms with Crippen molar-refractivity contribution in [2.45, 2.75) is 0 Å². The lowest BCUT2D eigenvalue weighted by molar-refractivity contribution is -0.388. The van der Waals surface area contributed by atoms with Crippen LogP contribution in [0.2, 0.25) is 0 Å². The van der Waals surface area contributed by atoms with Gasteiger partial charge in [-0.2, -0.15) is 4.39 Å². The van der Waals surface area contributed by atoms with Gasteiger partial charge in [0.25, 0.3) is 5.95 Å². The average Bonchev–Trinajstić information content (AvgIpc) is 1.88. The molecule has 0 aliphatic heterocycles. The Morgan fingerprint density at radius 3 is 2.80 bits per heavy atom. The summed E-state index contributed by atoms with van der Waals surface area (Å²) in [5.41, 5.74) is -0.595. The first-order valence-electron chi connectivity index (χ1n) is 2.46. The lowest BCUT2D eigenvalue weighted by Gasteiger charge is -1.88. The zero-order valence-electron chi connectivity index (χ0n) is 4.82. The first kappa shape index (κ1) is 6.60. The molecule has 10 heavy (non-hydrogen) atoms. The lowest BCUT2D eigenvalue weighted by atomic mass is 10.4. The molecule has 0 aliphatic carbocycles. The fourth-order valence-corrected chi connectivity index (χ4v) is 0.514. The molecule has 0 saturated heterocycles. The van der Waals surface area contributed by atoms with Crippen LogP contribution in [0.1, 0.15) is 0 Å². The molecule has 5 heteroatoms. The van der Waals surface area contributed by atoms with Gasteiger partial charge < -0.3 is 0 Å². The molecule has 0 atom stereocenters. The largest absolute Gasteiger partial charge is 0.323 e. The molecular formula is C5H3FN2O2. The van der Waals surface area contributed by atoms with E-state index in [-0.39, 0.29) is 0 Å². The molecule has 1 aromatic rings. The van der Waals surface area contributed by atoms with Crippen LogP contribution >= 0.6 is 0 Å². The van der Waals surface area contributed by atoms with Crippen molar-refractivity contribution in [1.29, 1.82) is 0 Å². The molecule has 0 spiro atoms. The van der Waals surface area contributed by atoms with Crippen LogP contribution in [-0.4, -0.2) is 9.91 Å². The van der Waals surface area contributed by atoms with Crippen LogP contribution in [0.4, 0.5) is 10.1 Å². The van der Waals surface area contributed by atoms with E-state index in [0.29, 0.717) is 0 Å². The molecule has 0 fully saturated rings. The van der Waals surface area contributed by atoms with Gasteiger partial charge in [-0.3, -0.25) is 10.1 Å². The van der Waals surface area contributed by atoms with E-state index in [0.717, 1.165) is 12.3 Å². The van der Waals surface area contributed by atoms with Crippen molar-refractivity contribution in [2.24, 2.45) is 0 Å². The van der Waals surface area contributed by atoms with Crippen molar-refractivity contribution in [3.05, 3.63) is 34.4 Å². The van der Waals surface area contributed by atoms with Crippen LogP contribution in [0, 0.1) is 16.1 Å². The normalized spacial score (nSPS) is 9.30. The number of halogens is 1. The van der Waals surface area contributed by atoms with E-state index in [1.165, 1.54) is 6.07 Å². The van der Waals surface area contributed by atoms with Crippen LogP contribution in [0.15, 0.2) is 18.3 Å². The van der Waals surface area contributed by atoms with Crippen LogP contribution < -0.4 is 0 Å². The van der Waals surface area contributed by atoms with Gasteiger partial charge in [0.1, 0.15) is 0 Å². The molecule has 52 valence electrons. The zero-order chi connectivity index (χ0) is 7.56. The van der Waals surface area contributed by atoms with Gasteiger partial charge in [0.2, 0.25) is 0 Å². The van der Waals surface area contributed by atoms with Crippen molar-refractivity contribution in [2.75, 3.05) is 0 Å². The predicted octanol–water partition coefficient (Wildman–Crippen LogP) is 1.13. The minimum absolute atomic E-state index is 0.595. The Kier molecular flexibility index (Phi) is 1.57. The third-order valence-electron chi connectivity index (χ3n) is 0.936. The molecule has 0 bridgehead atoms. The summed E-state index contributed by atoms with van der Waals surface area (Å²) < 4.78 is 12.3. The second-order valence-corrected chi connectivity index (χ2v) is 1.57. The minimum atomic E-state index is -1.05. The Morgan fingerprint density at radius 1 is 1.70 bits per heavy atom. The van der Waals surface area contributed by atoms with E-state index in [4.69, 9.17) is 0 Å². The van der Waals surface area contributed by atoms with Gasteiger partial charge in [-0.05, 0) is 6.07 Å². The number of hydrogen-bond donors (Lipinski definition) is 0. The van der Waals surface area contributed by atoms with Crippen LogP contribution in [0.25, 0.3) is 0 Å². The van der Waals surface area contributed by atoms with E-state index in [9.17, 15) is 14.5 Å². The summed E-state index contributed by atoms with van der Waals surface area (Å²) in [5, 5.41) is 9.95. The van der Waals surface area contributed by atoms with E-state index < -0.39 is 16.6 Å². The zero-order valence-corrected chi connectivity index (χ0v) is 4.82. The van der Waals surface area contributed by atoms with Gasteiger partial charge in [0, 0.05) is 12.3 Å². The third kappa shape index (κ3) is 1.07. The topological polar surface area (TPSA) is 56.0 Å². The highest BCUT2D eigenvalue weighted by atomic mass is 18.2. The monoisotopic (exact) mass is 141 g/mol. The molecule has 1 rings (SSSR count). The van der Waals surface area contributed by atoms with Crippen LogP contribution in [0.5, 0.6) is 0 Å². The van der Waals surface area contributed by atoms with Gasteiger partial charge in [-0.1, -0.05) is 0 Å². The Hall–Kier alpha value is -1.52. The maximum Gasteiger partial charge on any atom is 0.323 e. The van der Waals surface area contributed by atoms with E-state index in [1.807, 2.05) is 0 Å². The molecule has 4 nitrogen and oxygen atoms in total. The number of pyridine rings is 1. The molecule has 0 amide bonds. The summed E-state index contributed by atoms with van der Waals surface area (Å²) in [7, 11) is 0. The smallest absolute Gasteiger partial charge is 0.258 e. The first-order chi connectivity index (χ1) is 4.72. The van der Waals surface area contributed by atoms with E-state index in [2.05, 4.69) is 4.98 Å². The number of hydrogen-bond acceptors (Lipinski definition) is 3. The fraction of sp³-hybridized carbons (Fsp3) is 0. The van der Waals surface area contributed by atoms with Gasteiger partial charge in [-0.15, -0.1) is 0 Å². The van der Waals surface area contributed by atoms with Gasteiger partial charge in [0.05, 0.1) is 4.92 Å². The standard InChI is InChI=1S/C5H3FN2O2/c6-5-4(8(9)10)2-1-3-7-5/h1-3H/i6-1. The minimum Gasteiger partial charge on any atom is -0.258 e. The van der Waals surface area contributed by atoms with Crippen molar-refractivity contribution in [1.82, 2.24) is 4.98 Å². The maximum absolute atomic E-state index is 12.3. The van der Waals surface area contributed by atoms with Crippen molar-refractivity contribution in [3.8, 4) is 0 Å². The van der Waals surface area contributed by atoms with Gasteiger partial charge in [-0.25, -0.2) is 4.98 Å². The summed E-state index contributed by atoms with van der Waals surface area (Å²) in [4.78, 5) is 12.2. The molecule has 1 heterocycles. The summed E-state index contributed by atoms with van der Waals surface area (Å²) in [6.07, 6.45) is 1.16. The number of nitro groups is 1. The molecule has 0 N–H and O–H groups in total. The Balaban J connectivity index is 3.15. The van der Waals surface area contributed by atoms with E-state index in [1.54, 1.807) is 0 Å². The molecular weight excluding hydrogens is 138 g/mol. The number of nitrogens with zero attached hydrogens (tertiary/aromatic N) is 2. The Morgan fingerprint density at radius 2 is 2.40 bits per heavy atom. The number of aromatic nitrogens is 1. The van der Waals surface area contributed by atoms with Crippen LogP contribution in [0.3, 0.4) is 0 Å². The summed E-state index contributed by atoms with van der Waals surface area (Å²) in [6, 6.07) is 2.36. The highest BCUT2D eigenvalue weighted by Gasteiger charge is 2.11. The van der Waals surface area contributed by atoms with Crippen molar-refractivity contribution >= 4 is 5.69 Å². The molecule has 0 saturated carbocycles. The first-order valence-corrected chi connectivity index (χ1v) is 2.46. The Bertz CT molecular complexity index is 264. The summed E-state index contributed by atoms with van der Waals surface area (Å²) in [6.45, 7) is 0. The highest BCUT2D eigenvalue weighted by molar-refractivity contribution is 5.25. The quantitative estimate of drug-likeness (QED) is 0.334. The molecule has 0 unspecified atom stereocenters. The maximum atomic E-state index is 12.3. The lowest BCUT2D eigenvalue weighted by Crippen LogP contribution is -1.93. The molecule has 0 aromatic carbocycles. The Labute approximate surface area is 55.5 Å². The molecule has 0 radical (unpaired) electrons. The molecule has 1 aromatic heterocycles. The SMILES string of the molecule is O=[N+]([O-])c1cccnc1[18F]. The van der Waals surface area contributed by atoms with Gasteiger partial charge in [0.15, 0.2) is 0 Å².